The van der Waals surface area contributed by atoms with E-state index in [0.29, 0.717) is 49.8 Å². The summed E-state index contributed by atoms with van der Waals surface area (Å²) >= 11 is 11.8. The number of carboxylic acids is 1. The van der Waals surface area contributed by atoms with Crippen LogP contribution in [-0.2, 0) is 9.53 Å². The summed E-state index contributed by atoms with van der Waals surface area (Å²) in [6.45, 7) is 11.2. The highest BCUT2D eigenvalue weighted by Crippen LogP contribution is 2.48. The highest BCUT2D eigenvalue weighted by atomic mass is 127. The number of rotatable bonds is 6. The normalized spacial score (nSPS) is 48.2. The zero-order valence-electron chi connectivity index (χ0n) is 17.5. The van der Waals surface area contributed by atoms with E-state index in [1.165, 1.54) is 0 Å². The number of carbonyl (C=O) groups is 1. The summed E-state index contributed by atoms with van der Waals surface area (Å²) in [5, 5.41) is 9.42. The number of hydrogen-bond donors (Lipinski definition) is 2. The van der Waals surface area contributed by atoms with Crippen LogP contribution < -0.4 is 5.73 Å². The highest BCUT2D eigenvalue weighted by Gasteiger charge is 2.49. The van der Waals surface area contributed by atoms with Crippen LogP contribution in [0.2, 0.25) is 0 Å². The lowest BCUT2D eigenvalue weighted by Gasteiger charge is -2.50. The third-order valence-electron chi connectivity index (χ3n) is 7.37. The van der Waals surface area contributed by atoms with Gasteiger partial charge in [0.1, 0.15) is 6.04 Å². The largest absolute Gasteiger partial charge is 0.480 e. The first kappa shape index (κ1) is 25.4. The third kappa shape index (κ3) is 5.30. The molecular formula is C21H36ClI2NO3. The summed E-state index contributed by atoms with van der Waals surface area (Å²) in [4.78, 5) is 11.3. The molecule has 10 atom stereocenters. The monoisotopic (exact) mass is 639 g/mol. The van der Waals surface area contributed by atoms with E-state index in [0.717, 1.165) is 12.8 Å². The Labute approximate surface area is 202 Å². The lowest BCUT2D eigenvalue weighted by Crippen LogP contribution is -2.55. The van der Waals surface area contributed by atoms with Gasteiger partial charge in [-0.05, 0) is 48.3 Å². The number of nitrogens with two attached hydrogens (primary N) is 1. The van der Waals surface area contributed by atoms with Crippen molar-refractivity contribution in [1.29, 1.82) is 0 Å². The van der Waals surface area contributed by atoms with E-state index in [1.807, 2.05) is 0 Å². The minimum Gasteiger partial charge on any atom is -0.480 e. The molecule has 3 N–H and O–H groups in total. The maximum Gasteiger partial charge on any atom is 0.320 e. The minimum atomic E-state index is -0.906. The molecule has 164 valence electrons. The molecule has 0 aromatic carbocycles. The van der Waals surface area contributed by atoms with Gasteiger partial charge in [-0.15, -0.1) is 11.6 Å². The van der Waals surface area contributed by atoms with Gasteiger partial charge in [-0.1, -0.05) is 86.2 Å². The summed E-state index contributed by atoms with van der Waals surface area (Å²) in [7, 11) is 0. The SMILES string of the molecule is CCC1CC(C)C(OC2C(I)C(C)C(CC(N)C(=O)O)C(C)C2I)C(C)C1Cl. The van der Waals surface area contributed by atoms with Gasteiger partial charge in [0.2, 0.25) is 0 Å². The van der Waals surface area contributed by atoms with Gasteiger partial charge in [0.25, 0.3) is 0 Å². The van der Waals surface area contributed by atoms with E-state index < -0.39 is 12.0 Å². The molecule has 2 saturated carbocycles. The maximum atomic E-state index is 11.3. The summed E-state index contributed by atoms with van der Waals surface area (Å²) in [5.74, 6) is 1.53. The van der Waals surface area contributed by atoms with E-state index in [9.17, 15) is 9.90 Å². The van der Waals surface area contributed by atoms with E-state index in [1.54, 1.807) is 0 Å². The first-order chi connectivity index (χ1) is 13.0. The van der Waals surface area contributed by atoms with Crippen LogP contribution in [0.15, 0.2) is 0 Å². The summed E-state index contributed by atoms with van der Waals surface area (Å²) in [6, 6.07) is -0.791. The van der Waals surface area contributed by atoms with Gasteiger partial charge in [-0.25, -0.2) is 0 Å². The third-order valence-corrected chi connectivity index (χ3v) is 11.8. The van der Waals surface area contributed by atoms with Crippen molar-refractivity contribution in [1.82, 2.24) is 0 Å². The van der Waals surface area contributed by atoms with Crippen LogP contribution in [0.3, 0.4) is 0 Å². The van der Waals surface area contributed by atoms with Crippen LogP contribution in [0.1, 0.15) is 53.9 Å². The van der Waals surface area contributed by atoms with E-state index in [4.69, 9.17) is 22.1 Å². The summed E-state index contributed by atoms with van der Waals surface area (Å²) in [5.41, 5.74) is 5.87. The Morgan fingerprint density at radius 3 is 2.14 bits per heavy atom. The Morgan fingerprint density at radius 2 is 1.68 bits per heavy atom. The topological polar surface area (TPSA) is 72.5 Å². The fourth-order valence-corrected chi connectivity index (χ4v) is 8.92. The second-order valence-electron chi connectivity index (χ2n) is 9.20. The molecule has 0 bridgehead atoms. The average molecular weight is 640 g/mol. The highest BCUT2D eigenvalue weighted by molar-refractivity contribution is 14.1. The van der Waals surface area contributed by atoms with Crippen molar-refractivity contribution in [3.63, 3.8) is 0 Å². The summed E-state index contributed by atoms with van der Waals surface area (Å²) in [6.07, 6.45) is 3.12. The molecule has 2 aliphatic carbocycles. The molecular weight excluding hydrogens is 603 g/mol. The first-order valence-corrected chi connectivity index (χ1v) is 13.5. The predicted molar refractivity (Wildman–Crippen MR) is 133 cm³/mol. The van der Waals surface area contributed by atoms with E-state index in [-0.39, 0.29) is 17.6 Å². The zero-order valence-corrected chi connectivity index (χ0v) is 22.6. The standard InChI is InChI=1S/C21H36ClI2NO3/c1-6-13-7-9(2)19(12(5)16(13)22)28-20-17(23)10(3)14(11(4)18(20)24)8-15(25)21(26)27/h9-20H,6-8,25H2,1-5H3,(H,26,27). The molecule has 2 rings (SSSR count). The van der Waals surface area contributed by atoms with E-state index >= 15 is 0 Å². The van der Waals surface area contributed by atoms with Crippen molar-refractivity contribution in [2.75, 3.05) is 0 Å². The van der Waals surface area contributed by atoms with Crippen LogP contribution in [-0.4, -0.2) is 42.6 Å². The van der Waals surface area contributed by atoms with Crippen LogP contribution in [0, 0.1) is 35.5 Å². The Bertz CT molecular complexity index is 524. The van der Waals surface area contributed by atoms with Gasteiger partial charge < -0.3 is 15.6 Å². The van der Waals surface area contributed by atoms with Crippen molar-refractivity contribution in [3.05, 3.63) is 0 Å². The number of aliphatic carboxylic acids is 1. The molecule has 2 fully saturated rings. The molecule has 0 saturated heterocycles. The second kappa shape index (κ2) is 10.6. The Kier molecular flexibility index (Phi) is 9.65. The quantitative estimate of drug-likeness (QED) is 0.303. The van der Waals surface area contributed by atoms with Crippen molar-refractivity contribution >= 4 is 62.8 Å². The van der Waals surface area contributed by atoms with Crippen LogP contribution in [0.4, 0.5) is 0 Å². The number of alkyl halides is 3. The Morgan fingerprint density at radius 1 is 1.14 bits per heavy atom. The predicted octanol–water partition coefficient (Wildman–Crippen LogP) is 5.36. The molecule has 2 aliphatic rings. The minimum absolute atomic E-state index is 0.153. The molecule has 0 aromatic rings. The Balaban J connectivity index is 2.13. The fraction of sp³-hybridized carbons (Fsp3) is 0.952. The van der Waals surface area contributed by atoms with Crippen molar-refractivity contribution in [3.8, 4) is 0 Å². The van der Waals surface area contributed by atoms with Crippen LogP contribution in [0.5, 0.6) is 0 Å². The number of hydrogen-bond acceptors (Lipinski definition) is 3. The number of carboxylic acid groups (broad SMARTS) is 1. The van der Waals surface area contributed by atoms with E-state index in [2.05, 4.69) is 79.8 Å². The lowest BCUT2D eigenvalue weighted by molar-refractivity contribution is -0.139. The molecule has 4 nitrogen and oxygen atoms in total. The number of ether oxygens (including phenoxy) is 1. The van der Waals surface area contributed by atoms with Gasteiger partial charge in [-0.3, -0.25) is 4.79 Å². The van der Waals surface area contributed by atoms with Gasteiger partial charge in [0, 0.05) is 13.2 Å². The molecule has 28 heavy (non-hydrogen) atoms. The average Bonchev–Trinajstić information content (AvgIpc) is 2.65. The van der Waals surface area contributed by atoms with Crippen molar-refractivity contribution in [2.24, 2.45) is 41.2 Å². The molecule has 7 heteroatoms. The van der Waals surface area contributed by atoms with Crippen LogP contribution in [0.25, 0.3) is 0 Å². The van der Waals surface area contributed by atoms with Gasteiger partial charge in [-0.2, -0.15) is 0 Å². The molecule has 0 amide bonds. The second-order valence-corrected chi connectivity index (χ2v) is 12.6. The number of halogens is 3. The molecule has 0 spiro atoms. The van der Waals surface area contributed by atoms with Gasteiger partial charge in [0.15, 0.2) is 0 Å². The smallest absolute Gasteiger partial charge is 0.320 e. The van der Waals surface area contributed by atoms with Crippen molar-refractivity contribution in [2.45, 2.75) is 85.4 Å². The Hall–Kier alpha value is 1.14. The maximum absolute atomic E-state index is 11.3. The first-order valence-electron chi connectivity index (χ1n) is 10.6. The van der Waals surface area contributed by atoms with Crippen molar-refractivity contribution < 1.29 is 14.6 Å². The molecule has 0 aliphatic heterocycles. The fourth-order valence-electron chi connectivity index (χ4n) is 5.40. The van der Waals surface area contributed by atoms with Gasteiger partial charge in [0.05, 0.1) is 12.2 Å². The van der Waals surface area contributed by atoms with Gasteiger partial charge >= 0.3 is 5.97 Å². The molecule has 0 aromatic heterocycles. The van der Waals surface area contributed by atoms with Crippen LogP contribution >= 0.6 is 56.8 Å². The molecule has 0 heterocycles. The molecule has 10 unspecified atom stereocenters. The summed E-state index contributed by atoms with van der Waals surface area (Å²) < 4.78 is 7.50. The molecule has 0 radical (unpaired) electrons. The lowest BCUT2D eigenvalue weighted by atomic mass is 9.69. The zero-order chi connectivity index (χ0) is 21.3.